The van der Waals surface area contributed by atoms with E-state index in [0.717, 1.165) is 11.6 Å². The van der Waals surface area contributed by atoms with Gasteiger partial charge in [-0.2, -0.15) is 0 Å². The maximum Gasteiger partial charge on any atom is 0.0257 e. The second-order valence-electron chi connectivity index (χ2n) is 3.39. The Bertz CT molecular complexity index is 260. The van der Waals surface area contributed by atoms with Crippen LogP contribution >= 0.6 is 23.4 Å². The second-order valence-corrected chi connectivity index (χ2v) is 4.79. The van der Waals surface area contributed by atoms with E-state index in [0.29, 0.717) is 5.92 Å². The van der Waals surface area contributed by atoms with E-state index in [2.05, 4.69) is 38.1 Å². The smallest absolute Gasteiger partial charge is 0.0257 e. The summed E-state index contributed by atoms with van der Waals surface area (Å²) >= 11 is 7.62. The van der Waals surface area contributed by atoms with E-state index in [4.69, 9.17) is 11.6 Å². The lowest BCUT2D eigenvalue weighted by atomic mass is 10.2. The van der Waals surface area contributed by atoms with Crippen LogP contribution < -0.4 is 0 Å². The molecule has 13 heavy (non-hydrogen) atoms. The Kier molecular flexibility index (Phi) is 4.68. The van der Waals surface area contributed by atoms with Gasteiger partial charge in [0.1, 0.15) is 0 Å². The van der Waals surface area contributed by atoms with E-state index in [-0.39, 0.29) is 0 Å². The SMILES string of the molecule is Cc1cccc(SCC(C)CCl)c1. The van der Waals surface area contributed by atoms with E-state index in [1.54, 1.807) is 0 Å². The molecule has 0 nitrogen and oxygen atoms in total. The van der Waals surface area contributed by atoms with Gasteiger partial charge in [-0.25, -0.2) is 0 Å². The largest absolute Gasteiger partial charge is 0.126 e. The van der Waals surface area contributed by atoms with Crippen LogP contribution in [0, 0.1) is 12.8 Å². The monoisotopic (exact) mass is 214 g/mol. The lowest BCUT2D eigenvalue weighted by Crippen LogP contribution is -1.98. The molecule has 0 aliphatic heterocycles. The van der Waals surface area contributed by atoms with Crippen LogP contribution in [-0.4, -0.2) is 11.6 Å². The Balaban J connectivity index is 2.45. The first-order valence-corrected chi connectivity index (χ1v) is 6.00. The summed E-state index contributed by atoms with van der Waals surface area (Å²) < 4.78 is 0. The first-order chi connectivity index (χ1) is 6.22. The number of alkyl halides is 1. The zero-order valence-corrected chi connectivity index (χ0v) is 9.66. The summed E-state index contributed by atoms with van der Waals surface area (Å²) in [5.74, 6) is 2.44. The lowest BCUT2D eigenvalue weighted by Gasteiger charge is -2.06. The third-order valence-corrected chi connectivity index (χ3v) is 3.64. The fourth-order valence-electron chi connectivity index (χ4n) is 0.988. The second kappa shape index (κ2) is 5.56. The topological polar surface area (TPSA) is 0 Å². The van der Waals surface area contributed by atoms with Crippen LogP contribution in [0.3, 0.4) is 0 Å². The number of benzene rings is 1. The van der Waals surface area contributed by atoms with Crippen molar-refractivity contribution < 1.29 is 0 Å². The minimum absolute atomic E-state index is 0.590. The maximum absolute atomic E-state index is 5.74. The van der Waals surface area contributed by atoms with Crippen molar-refractivity contribution in [2.45, 2.75) is 18.7 Å². The average molecular weight is 215 g/mol. The molecule has 0 saturated carbocycles. The maximum atomic E-state index is 5.74. The number of hydrogen-bond donors (Lipinski definition) is 0. The van der Waals surface area contributed by atoms with Crippen LogP contribution in [0.25, 0.3) is 0 Å². The molecule has 0 fully saturated rings. The van der Waals surface area contributed by atoms with E-state index >= 15 is 0 Å². The van der Waals surface area contributed by atoms with E-state index in [9.17, 15) is 0 Å². The standard InChI is InChI=1S/C11H15ClS/c1-9-4-3-5-11(6-9)13-8-10(2)7-12/h3-6,10H,7-8H2,1-2H3. The van der Waals surface area contributed by atoms with Crippen molar-refractivity contribution in [3.63, 3.8) is 0 Å². The van der Waals surface area contributed by atoms with Crippen LogP contribution in [0.2, 0.25) is 0 Å². The fourth-order valence-corrected chi connectivity index (χ4v) is 2.27. The lowest BCUT2D eigenvalue weighted by molar-refractivity contribution is 0.759. The highest BCUT2D eigenvalue weighted by Crippen LogP contribution is 2.21. The van der Waals surface area contributed by atoms with Crippen LogP contribution in [0.1, 0.15) is 12.5 Å². The normalized spacial score (nSPS) is 12.8. The molecule has 0 saturated heterocycles. The molecule has 0 amide bonds. The third kappa shape index (κ3) is 4.06. The molecule has 0 radical (unpaired) electrons. The first-order valence-electron chi connectivity index (χ1n) is 4.48. The van der Waals surface area contributed by atoms with Gasteiger partial charge in [-0.05, 0) is 25.0 Å². The summed E-state index contributed by atoms with van der Waals surface area (Å²) in [4.78, 5) is 1.34. The molecule has 1 aromatic carbocycles. The van der Waals surface area contributed by atoms with E-state index in [1.165, 1.54) is 10.5 Å². The summed E-state index contributed by atoms with van der Waals surface area (Å²) in [6, 6.07) is 8.59. The summed E-state index contributed by atoms with van der Waals surface area (Å²) in [5, 5.41) is 0. The zero-order chi connectivity index (χ0) is 9.68. The Hall–Kier alpha value is -0.140. The molecular formula is C11H15ClS. The molecule has 0 heterocycles. The molecule has 2 heteroatoms. The van der Waals surface area contributed by atoms with Crippen molar-refractivity contribution in [1.82, 2.24) is 0 Å². The molecular weight excluding hydrogens is 200 g/mol. The molecule has 0 spiro atoms. The van der Waals surface area contributed by atoms with Gasteiger partial charge in [0.15, 0.2) is 0 Å². The number of rotatable bonds is 4. The molecule has 1 rings (SSSR count). The van der Waals surface area contributed by atoms with Crippen LogP contribution in [0.4, 0.5) is 0 Å². The van der Waals surface area contributed by atoms with Gasteiger partial charge in [0.25, 0.3) is 0 Å². The van der Waals surface area contributed by atoms with Gasteiger partial charge >= 0.3 is 0 Å². The van der Waals surface area contributed by atoms with Crippen molar-refractivity contribution in [3.8, 4) is 0 Å². The molecule has 0 aromatic heterocycles. The van der Waals surface area contributed by atoms with Crippen molar-refractivity contribution in [3.05, 3.63) is 29.8 Å². The molecule has 1 aromatic rings. The third-order valence-electron chi connectivity index (χ3n) is 1.79. The predicted molar refractivity (Wildman–Crippen MR) is 61.8 cm³/mol. The van der Waals surface area contributed by atoms with E-state index in [1.807, 2.05) is 11.8 Å². The number of halogens is 1. The van der Waals surface area contributed by atoms with Crippen molar-refractivity contribution in [1.29, 1.82) is 0 Å². The van der Waals surface area contributed by atoms with Crippen molar-refractivity contribution >= 4 is 23.4 Å². The minimum Gasteiger partial charge on any atom is -0.126 e. The predicted octanol–water partition coefficient (Wildman–Crippen LogP) is 3.96. The summed E-state index contributed by atoms with van der Waals surface area (Å²) in [6.07, 6.45) is 0. The number of hydrogen-bond acceptors (Lipinski definition) is 1. The molecule has 0 aliphatic carbocycles. The molecule has 1 atom stereocenters. The molecule has 1 unspecified atom stereocenters. The minimum atomic E-state index is 0.590. The Morgan fingerprint density at radius 2 is 2.23 bits per heavy atom. The van der Waals surface area contributed by atoms with Crippen LogP contribution in [0.5, 0.6) is 0 Å². The highest BCUT2D eigenvalue weighted by molar-refractivity contribution is 7.99. The van der Waals surface area contributed by atoms with Gasteiger partial charge < -0.3 is 0 Å². The average Bonchev–Trinajstić information content (AvgIpc) is 2.14. The van der Waals surface area contributed by atoms with E-state index < -0.39 is 0 Å². The van der Waals surface area contributed by atoms with Gasteiger partial charge in [-0.3, -0.25) is 0 Å². The van der Waals surface area contributed by atoms with Gasteiger partial charge in [-0.15, -0.1) is 23.4 Å². The number of thioether (sulfide) groups is 1. The van der Waals surface area contributed by atoms with Crippen LogP contribution in [0.15, 0.2) is 29.2 Å². The Labute approximate surface area is 89.7 Å². The summed E-state index contributed by atoms with van der Waals surface area (Å²) in [5.41, 5.74) is 1.32. The van der Waals surface area contributed by atoms with Gasteiger partial charge in [0.2, 0.25) is 0 Å². The highest BCUT2D eigenvalue weighted by Gasteiger charge is 2.00. The molecule has 0 bridgehead atoms. The molecule has 72 valence electrons. The highest BCUT2D eigenvalue weighted by atomic mass is 35.5. The zero-order valence-electron chi connectivity index (χ0n) is 8.09. The van der Waals surface area contributed by atoms with Crippen molar-refractivity contribution in [2.24, 2.45) is 5.92 Å². The van der Waals surface area contributed by atoms with Crippen molar-refractivity contribution in [2.75, 3.05) is 11.6 Å². The Morgan fingerprint density at radius 3 is 2.85 bits per heavy atom. The quantitative estimate of drug-likeness (QED) is 0.540. The van der Waals surface area contributed by atoms with Gasteiger partial charge in [0.05, 0.1) is 0 Å². The van der Waals surface area contributed by atoms with Gasteiger partial charge in [-0.1, -0.05) is 24.6 Å². The number of aryl methyl sites for hydroxylation is 1. The van der Waals surface area contributed by atoms with Gasteiger partial charge in [0, 0.05) is 16.5 Å². The summed E-state index contributed by atoms with van der Waals surface area (Å²) in [6.45, 7) is 4.30. The summed E-state index contributed by atoms with van der Waals surface area (Å²) in [7, 11) is 0. The Morgan fingerprint density at radius 1 is 1.46 bits per heavy atom. The fraction of sp³-hybridized carbons (Fsp3) is 0.455. The molecule has 0 aliphatic rings. The van der Waals surface area contributed by atoms with Crippen LogP contribution in [-0.2, 0) is 0 Å². The molecule has 0 N–H and O–H groups in total. The first kappa shape index (κ1) is 10.9.